The van der Waals surface area contributed by atoms with Crippen molar-refractivity contribution in [1.82, 2.24) is 9.62 Å². The van der Waals surface area contributed by atoms with Gasteiger partial charge in [-0.05, 0) is 14.0 Å². The monoisotopic (exact) mass is 334 g/mol. The highest BCUT2D eigenvalue weighted by Crippen LogP contribution is 2.29. The molecule has 0 aliphatic carbocycles. The van der Waals surface area contributed by atoms with Gasteiger partial charge in [-0.25, -0.2) is 22.3 Å². The number of furan rings is 1. The van der Waals surface area contributed by atoms with E-state index in [2.05, 4.69) is 4.72 Å². The van der Waals surface area contributed by atoms with Crippen LogP contribution in [0.5, 0.6) is 0 Å². The first kappa shape index (κ1) is 16.4. The number of carbonyl (C=O) groups excluding carboxylic acids is 1. The zero-order chi connectivity index (χ0) is 16.7. The van der Waals surface area contributed by atoms with Crippen LogP contribution in [0.15, 0.2) is 15.6 Å². The van der Waals surface area contributed by atoms with Gasteiger partial charge in [0.05, 0.1) is 12.1 Å². The fourth-order valence-corrected chi connectivity index (χ4v) is 2.90. The molecule has 1 aliphatic rings. The molecule has 2 N–H and O–H groups in total. The molecule has 0 aromatic carbocycles. The third-order valence-electron chi connectivity index (χ3n) is 3.55. The minimum absolute atomic E-state index is 0.0385. The molecule has 0 spiro atoms. The number of sulfonamides is 1. The summed E-state index contributed by atoms with van der Waals surface area (Å²) < 4.78 is 44.4. The highest BCUT2D eigenvalue weighted by atomic mass is 32.2. The number of rotatable bonds is 4. The van der Waals surface area contributed by atoms with Crippen LogP contribution in [0.2, 0.25) is 0 Å². The zero-order valence-corrected chi connectivity index (χ0v) is 12.7. The average Bonchev–Trinajstić information content (AvgIpc) is 3.03. The summed E-state index contributed by atoms with van der Waals surface area (Å²) in [6, 6.07) is 1.04. The minimum Gasteiger partial charge on any atom is -0.479 e. The number of amides is 1. The number of nitrogens with one attached hydrogen (secondary N) is 1. The maximum atomic E-state index is 14.0. The van der Waals surface area contributed by atoms with E-state index in [4.69, 9.17) is 9.52 Å². The van der Waals surface area contributed by atoms with E-state index in [-0.39, 0.29) is 24.3 Å². The first-order chi connectivity index (χ1) is 10.1. The largest absolute Gasteiger partial charge is 0.479 e. The fourth-order valence-electron chi connectivity index (χ4n) is 2.19. The standard InChI is InChI=1S/C12H15FN2O6S/c1-7-8(5-9(21-7)22(19,20)14-2)10(16)15-4-3-12(13,6-15)11(17)18/h5,14H,3-4,6H2,1-2H3,(H,17,18). The van der Waals surface area contributed by atoms with E-state index in [1.54, 1.807) is 0 Å². The summed E-state index contributed by atoms with van der Waals surface area (Å²) in [5, 5.41) is 8.39. The number of alkyl halides is 1. The molecule has 0 bridgehead atoms. The third kappa shape index (κ3) is 2.71. The van der Waals surface area contributed by atoms with Crippen LogP contribution in [0.3, 0.4) is 0 Å². The highest BCUT2D eigenvalue weighted by molar-refractivity contribution is 7.89. The first-order valence-electron chi connectivity index (χ1n) is 6.36. The molecule has 1 fully saturated rings. The number of nitrogens with zero attached hydrogens (tertiary/aromatic N) is 1. The van der Waals surface area contributed by atoms with Crippen molar-refractivity contribution in [2.24, 2.45) is 0 Å². The number of carboxylic acid groups (broad SMARTS) is 1. The minimum atomic E-state index is -3.85. The van der Waals surface area contributed by atoms with Crippen molar-refractivity contribution in [2.45, 2.75) is 24.1 Å². The summed E-state index contributed by atoms with van der Waals surface area (Å²) in [4.78, 5) is 24.2. The number of aliphatic carboxylic acids is 1. The van der Waals surface area contributed by atoms with Crippen molar-refractivity contribution < 1.29 is 31.9 Å². The van der Waals surface area contributed by atoms with Crippen molar-refractivity contribution >= 4 is 21.9 Å². The molecule has 2 rings (SSSR count). The lowest BCUT2D eigenvalue weighted by atomic mass is 10.1. The Kier molecular flexibility index (Phi) is 4.00. The Labute approximate surface area is 125 Å². The number of carbonyl (C=O) groups is 2. The lowest BCUT2D eigenvalue weighted by Crippen LogP contribution is -2.39. The topological polar surface area (TPSA) is 117 Å². The summed E-state index contributed by atoms with van der Waals surface area (Å²) in [5.41, 5.74) is -2.52. The van der Waals surface area contributed by atoms with Gasteiger partial charge in [-0.15, -0.1) is 0 Å². The van der Waals surface area contributed by atoms with Gasteiger partial charge in [0.2, 0.25) is 10.8 Å². The van der Waals surface area contributed by atoms with E-state index in [0.29, 0.717) is 0 Å². The number of hydrogen-bond acceptors (Lipinski definition) is 5. The molecule has 2 heterocycles. The van der Waals surface area contributed by atoms with Crippen LogP contribution in [0.4, 0.5) is 4.39 Å². The van der Waals surface area contributed by atoms with Crippen LogP contribution < -0.4 is 4.72 Å². The number of carboxylic acids is 1. The van der Waals surface area contributed by atoms with E-state index in [1.807, 2.05) is 0 Å². The highest BCUT2D eigenvalue weighted by Gasteiger charge is 2.47. The number of likely N-dealkylation sites (tertiary alicyclic amines) is 1. The molecule has 1 saturated heterocycles. The molecule has 0 radical (unpaired) electrons. The molecule has 0 saturated carbocycles. The smallest absolute Gasteiger partial charge is 0.343 e. The molecule has 1 aromatic heterocycles. The quantitative estimate of drug-likeness (QED) is 0.808. The van der Waals surface area contributed by atoms with Crippen molar-refractivity contribution in [2.75, 3.05) is 20.1 Å². The van der Waals surface area contributed by atoms with Crippen LogP contribution in [0.25, 0.3) is 0 Å². The molecule has 1 unspecified atom stereocenters. The molecule has 1 amide bonds. The van der Waals surface area contributed by atoms with E-state index < -0.39 is 39.2 Å². The van der Waals surface area contributed by atoms with Crippen LogP contribution in [0, 0.1) is 6.92 Å². The number of aryl methyl sites for hydroxylation is 1. The van der Waals surface area contributed by atoms with Crippen LogP contribution in [-0.4, -0.2) is 56.1 Å². The molecule has 22 heavy (non-hydrogen) atoms. The Bertz CT molecular complexity index is 728. The lowest BCUT2D eigenvalue weighted by molar-refractivity contribution is -0.149. The maximum Gasteiger partial charge on any atom is 0.343 e. The predicted molar refractivity (Wildman–Crippen MR) is 71.7 cm³/mol. The van der Waals surface area contributed by atoms with Crippen LogP contribution in [0.1, 0.15) is 22.5 Å². The first-order valence-corrected chi connectivity index (χ1v) is 7.84. The molecule has 1 aliphatic heterocycles. The SMILES string of the molecule is CNS(=O)(=O)c1cc(C(=O)N2CCC(F)(C(=O)O)C2)c(C)o1. The summed E-state index contributed by atoms with van der Waals surface area (Å²) in [7, 11) is -2.65. The molecule has 8 nitrogen and oxygen atoms in total. The molecular formula is C12H15FN2O6S. The Morgan fingerprint density at radius 2 is 2.14 bits per heavy atom. The Morgan fingerprint density at radius 1 is 1.50 bits per heavy atom. The average molecular weight is 334 g/mol. The van der Waals surface area contributed by atoms with E-state index >= 15 is 0 Å². The van der Waals surface area contributed by atoms with Crippen molar-refractivity contribution in [1.29, 1.82) is 0 Å². The van der Waals surface area contributed by atoms with Gasteiger partial charge >= 0.3 is 5.97 Å². The van der Waals surface area contributed by atoms with Gasteiger partial charge in [-0.3, -0.25) is 4.79 Å². The normalized spacial score (nSPS) is 22.0. The van der Waals surface area contributed by atoms with Gasteiger partial charge < -0.3 is 14.4 Å². The van der Waals surface area contributed by atoms with Crippen molar-refractivity contribution in [3.63, 3.8) is 0 Å². The van der Waals surface area contributed by atoms with Gasteiger partial charge in [0.1, 0.15) is 5.76 Å². The summed E-state index contributed by atoms with van der Waals surface area (Å²) >= 11 is 0. The van der Waals surface area contributed by atoms with Gasteiger partial charge in [-0.1, -0.05) is 0 Å². The zero-order valence-electron chi connectivity index (χ0n) is 11.9. The second-order valence-corrected chi connectivity index (χ2v) is 6.81. The van der Waals surface area contributed by atoms with E-state index in [1.165, 1.54) is 14.0 Å². The Balaban J connectivity index is 2.27. The molecule has 10 heteroatoms. The molecule has 122 valence electrons. The van der Waals surface area contributed by atoms with Gasteiger partial charge in [0.15, 0.2) is 0 Å². The van der Waals surface area contributed by atoms with Crippen molar-refractivity contribution in [3.8, 4) is 0 Å². The van der Waals surface area contributed by atoms with Gasteiger partial charge in [0, 0.05) is 19.0 Å². The predicted octanol–water partition coefficient (Wildman–Crippen LogP) is 0.135. The number of halogens is 1. The lowest BCUT2D eigenvalue weighted by Gasteiger charge is -2.17. The molecule has 1 atom stereocenters. The summed E-state index contributed by atoms with van der Waals surface area (Å²) in [6.07, 6.45) is -0.313. The van der Waals surface area contributed by atoms with Crippen LogP contribution >= 0.6 is 0 Å². The second-order valence-electron chi connectivity index (χ2n) is 4.99. The van der Waals surface area contributed by atoms with Crippen LogP contribution in [-0.2, 0) is 14.8 Å². The number of hydrogen-bond donors (Lipinski definition) is 2. The van der Waals surface area contributed by atoms with E-state index in [9.17, 15) is 22.4 Å². The van der Waals surface area contributed by atoms with E-state index in [0.717, 1.165) is 11.0 Å². The van der Waals surface area contributed by atoms with Crippen molar-refractivity contribution in [3.05, 3.63) is 17.4 Å². The Hall–Kier alpha value is -1.94. The molecular weight excluding hydrogens is 319 g/mol. The maximum absolute atomic E-state index is 14.0. The van der Waals surface area contributed by atoms with Gasteiger partial charge in [0.25, 0.3) is 15.9 Å². The Morgan fingerprint density at radius 3 is 2.64 bits per heavy atom. The van der Waals surface area contributed by atoms with Gasteiger partial charge in [-0.2, -0.15) is 0 Å². The third-order valence-corrected chi connectivity index (χ3v) is 4.82. The second kappa shape index (κ2) is 5.36. The summed E-state index contributed by atoms with van der Waals surface area (Å²) in [6.45, 7) is 0.748. The molecule has 1 aromatic rings. The fraction of sp³-hybridized carbons (Fsp3) is 0.500. The summed E-state index contributed by atoms with van der Waals surface area (Å²) in [5.74, 6) is -2.23.